The maximum Gasteiger partial charge on any atom is 0.330 e. The van der Waals surface area contributed by atoms with E-state index in [9.17, 15) is 75.7 Å². The van der Waals surface area contributed by atoms with E-state index in [1.54, 1.807) is 26.0 Å². The fourth-order valence-electron chi connectivity index (χ4n) is 15.7. The van der Waals surface area contributed by atoms with Crippen LogP contribution >= 0.6 is 46.1 Å². The van der Waals surface area contributed by atoms with E-state index in [-0.39, 0.29) is 43.0 Å². The fraction of sp³-hybridized carbons (Fsp3) is 0.412. The first-order valence-corrected chi connectivity index (χ1v) is 42.1. The van der Waals surface area contributed by atoms with Gasteiger partial charge in [-0.2, -0.15) is 0 Å². The zero-order valence-corrected chi connectivity index (χ0v) is 71.3. The number of likely N-dealkylation sites (N-methyl/N-ethyl adjacent to an activating group) is 1. The highest BCUT2D eigenvalue weighted by atomic mass is 35.5. The second-order valence-electron chi connectivity index (χ2n) is 32.2. The van der Waals surface area contributed by atoms with Crippen LogP contribution in [0.15, 0.2) is 115 Å². The van der Waals surface area contributed by atoms with Gasteiger partial charge in [-0.3, -0.25) is 33.6 Å². The number of rotatable bonds is 21. The molecule has 0 aliphatic carbocycles. The Labute approximate surface area is 743 Å². The van der Waals surface area contributed by atoms with Crippen molar-refractivity contribution < 1.29 is 138 Å². The van der Waals surface area contributed by atoms with Gasteiger partial charge in [0.25, 0.3) is 0 Å². The van der Waals surface area contributed by atoms with Crippen molar-refractivity contribution in [3.05, 3.63) is 173 Å². The highest BCUT2D eigenvalue weighted by molar-refractivity contribution is 7.12. The molecule has 127 heavy (non-hydrogen) atoms. The molecule has 8 aliphatic rings. The molecule has 0 saturated carbocycles. The fourth-order valence-corrected chi connectivity index (χ4v) is 17.1. The first-order valence-electron chi connectivity index (χ1n) is 40.1. The second kappa shape index (κ2) is 39.7. The Hall–Kier alpha value is -10.5. The molecule has 23 atom stereocenters. The zero-order chi connectivity index (χ0) is 91.6. The van der Waals surface area contributed by atoms with E-state index >= 15 is 24.0 Å². The zero-order valence-electron chi connectivity index (χ0n) is 68.2. The van der Waals surface area contributed by atoms with Gasteiger partial charge in [-0.15, -0.1) is 11.3 Å². The van der Waals surface area contributed by atoms with Gasteiger partial charge in [-0.1, -0.05) is 85.1 Å². The summed E-state index contributed by atoms with van der Waals surface area (Å²) in [6.45, 7) is 5.50. The van der Waals surface area contributed by atoms with Gasteiger partial charge in [0.05, 0.1) is 41.3 Å². The van der Waals surface area contributed by atoms with Gasteiger partial charge in [0.15, 0.2) is 30.1 Å². The Morgan fingerprint density at radius 3 is 1.94 bits per heavy atom. The summed E-state index contributed by atoms with van der Waals surface area (Å²) in [4.78, 5) is 122. The number of amides is 7. The summed E-state index contributed by atoms with van der Waals surface area (Å²) in [7, 11) is 1.46. The molecule has 15 rings (SSSR count). The molecular formula is C85H95Cl3N10O28S. The van der Waals surface area contributed by atoms with Crippen molar-refractivity contribution in [1.82, 2.24) is 42.5 Å². The van der Waals surface area contributed by atoms with Crippen LogP contribution in [0.2, 0.25) is 15.1 Å². The first-order chi connectivity index (χ1) is 60.3. The summed E-state index contributed by atoms with van der Waals surface area (Å²) in [6, 6.07) is 10.0. The SMILES string of the molecule is CN[C@H](CC(C)C)C(=O)N[C@H]1C(=O)N[C@@H](CC(N)=O)C(=O)N[C@H]2C(=O)N[C@H]3C(=O)N[C@H](C(=O)N[C@@H](C(=O)O)c4cc(O)cc(O)c4-c4cc3ccc4O)[C@H](O[C@H]3C[C@](C)(N)[C@@H](O)[C@H](C)O3)c3ccc(c(Cl)c3)Oc3cc2cc(c3OC2O[C@H](CO)[C@@H](O[C@H]3O[C@H](CNCc4ccc(/C=C/c5ccc(Cl)cc5)s4)[C@H](O)[C@H](O)[C@H]3O)[C@H](O)[C@H]2O)Oc2ccc(cc2Cl)[C@H]1O. The molecule has 680 valence electrons. The Kier molecular flexibility index (Phi) is 29.4. The number of hydrogen-bond donors (Lipinski definition) is 22. The topological polar surface area (TPSA) is 601 Å². The van der Waals surface area contributed by atoms with Gasteiger partial charge in [-0.05, 0) is 146 Å². The third kappa shape index (κ3) is 21.1. The summed E-state index contributed by atoms with van der Waals surface area (Å²) < 4.78 is 51.3. The van der Waals surface area contributed by atoms with Crippen molar-refractivity contribution in [1.29, 1.82) is 0 Å². The van der Waals surface area contributed by atoms with Crippen molar-refractivity contribution in [3.63, 3.8) is 0 Å². The second-order valence-corrected chi connectivity index (χ2v) is 34.6. The molecule has 42 heteroatoms. The number of aliphatic hydroxyl groups is 8. The molecule has 1 aromatic heterocycles. The lowest BCUT2D eigenvalue weighted by atomic mass is 9.86. The lowest BCUT2D eigenvalue weighted by molar-refractivity contribution is -0.350. The van der Waals surface area contributed by atoms with Crippen LogP contribution < -0.4 is 68.2 Å². The molecule has 24 N–H and O–H groups in total. The number of phenols is 3. The molecule has 8 aliphatic heterocycles. The monoisotopic (exact) mass is 1840 g/mol. The Balaban J connectivity index is 0.954. The third-order valence-corrected chi connectivity index (χ3v) is 24.2. The van der Waals surface area contributed by atoms with E-state index in [4.69, 9.17) is 84.2 Å². The number of nitrogens with two attached hydrogens (primary N) is 2. The number of nitrogens with one attached hydrogen (secondary N) is 8. The number of carbonyl (C=O) groups excluding carboxylic acids is 7. The first kappa shape index (κ1) is 94.2. The number of aliphatic hydroxyl groups excluding tert-OH is 8. The predicted molar refractivity (Wildman–Crippen MR) is 451 cm³/mol. The molecule has 11 bridgehead atoms. The molecule has 0 radical (unpaired) electrons. The standard InChI is InChI=1S/C85H95Cl3N10O28S/c1-33(2)20-48(91-5)76(111)97-64-66(104)37-10-18-52(46(87)22-37)120-54-24-39-25-55(73(54)125-84-71(109)69(107)74(57(32-99)123-84)126-83-70(108)68(106)67(105)56(122-83)31-92-30-43-16-15-42(127-43)14-8-35-6-12-40(86)13-7-35)121-53-19-11-38(23-47(53)88)72(124-59-29-85(4,90)75(110)34(3)119-59)65-81(116)96-63(82(117)118)45-26-41(100)27-51(102)60(45)44-21-36(9-17-50(44)101)61(78(113)98-65)95-79(114)62(39)94-77(112)49(28-58(89)103)93-80(64)115/h6-19,21-27,33-34,48-49,56-57,59,61-72,74-75,83-84,91-92,99-102,104-110H,20,28-32,90H2,1-5H3,(H2,89,103)(H,93,115)(H,94,112)(H,95,114)(H,96,116)(H,97,111)(H,98,113)(H,117,118)/b14-8+/t34-,48+,49-,56+,57+,59-,61+,62+,63+,64+,65-,66+,67-,68-,69+,70+,71+,72+,74+,75-,83+,84?,85-/m0/s1. The predicted octanol–water partition coefficient (Wildman–Crippen LogP) is 2.61. The molecule has 3 saturated heterocycles. The molecular weight excluding hydrogens is 1750 g/mol. The van der Waals surface area contributed by atoms with E-state index in [0.717, 1.165) is 82.0 Å². The van der Waals surface area contributed by atoms with Crippen molar-refractivity contribution >= 4 is 106 Å². The quantitative estimate of drug-likeness (QED) is 0.0491. The summed E-state index contributed by atoms with van der Waals surface area (Å²) in [5.41, 5.74) is 8.91. The number of hydrogen-bond acceptors (Lipinski definition) is 31. The largest absolute Gasteiger partial charge is 0.508 e. The number of fused-ring (bicyclic) bond motifs is 15. The third-order valence-electron chi connectivity index (χ3n) is 22.3. The maximum absolute atomic E-state index is 16.4. The number of aromatic hydroxyl groups is 3. The van der Waals surface area contributed by atoms with Gasteiger partial charge in [-0.25, -0.2) is 4.79 Å². The van der Waals surface area contributed by atoms with Crippen LogP contribution in [0.1, 0.15) is 120 Å². The van der Waals surface area contributed by atoms with Crippen LogP contribution in [0, 0.1) is 5.92 Å². The van der Waals surface area contributed by atoms with Crippen LogP contribution in [-0.4, -0.2) is 238 Å². The number of carbonyl (C=O) groups is 8. The van der Waals surface area contributed by atoms with Crippen LogP contribution in [0.5, 0.6) is 46.0 Å². The summed E-state index contributed by atoms with van der Waals surface area (Å²) >= 11 is 22.0. The smallest absolute Gasteiger partial charge is 0.330 e. The average molecular weight is 1840 g/mol. The number of thiophene rings is 1. The number of carboxylic acids is 1. The number of primary amides is 1. The lowest BCUT2D eigenvalue weighted by Gasteiger charge is -2.46. The van der Waals surface area contributed by atoms with Crippen molar-refractivity contribution in [2.45, 2.75) is 193 Å². The molecule has 6 aromatic carbocycles. The van der Waals surface area contributed by atoms with E-state index in [1.165, 1.54) is 44.4 Å². The van der Waals surface area contributed by atoms with E-state index in [2.05, 4.69) is 42.5 Å². The van der Waals surface area contributed by atoms with Crippen LogP contribution in [0.3, 0.4) is 0 Å². The van der Waals surface area contributed by atoms with Gasteiger partial charge in [0.1, 0.15) is 120 Å². The number of ether oxygens (including phenoxy) is 8. The van der Waals surface area contributed by atoms with Gasteiger partial charge < -0.3 is 153 Å². The highest BCUT2D eigenvalue weighted by Crippen LogP contribution is 2.50. The number of carboxylic acid groups (broad SMARTS) is 1. The lowest BCUT2D eigenvalue weighted by Crippen LogP contribution is -2.65. The molecule has 3 fully saturated rings. The van der Waals surface area contributed by atoms with Crippen LogP contribution in [-0.2, 0) is 68.6 Å². The molecule has 1 unspecified atom stereocenters. The normalized spacial score (nSPS) is 29.6. The summed E-state index contributed by atoms with van der Waals surface area (Å²) in [6.07, 6.45) is -25.3. The molecule has 7 aromatic rings. The van der Waals surface area contributed by atoms with Crippen molar-refractivity contribution in [2.75, 3.05) is 20.2 Å². The van der Waals surface area contributed by atoms with Gasteiger partial charge in [0, 0.05) is 62.6 Å². The number of halogens is 3. The van der Waals surface area contributed by atoms with E-state index < -0.39 is 284 Å². The molecule has 0 spiro atoms. The Morgan fingerprint density at radius 2 is 1.30 bits per heavy atom. The van der Waals surface area contributed by atoms with E-state index in [0.29, 0.717) is 5.02 Å². The average Bonchev–Trinajstić information content (AvgIpc) is 1.23. The highest BCUT2D eigenvalue weighted by Gasteiger charge is 2.53. The maximum atomic E-state index is 16.4. The van der Waals surface area contributed by atoms with Crippen molar-refractivity contribution in [3.8, 4) is 57.1 Å². The molecule has 38 nitrogen and oxygen atoms in total. The molecule has 9 heterocycles. The molecule has 7 amide bonds. The minimum absolute atomic E-state index is 0.130. The number of aliphatic carboxylic acids is 1. The summed E-state index contributed by atoms with van der Waals surface area (Å²) in [5, 5.41) is 160. The van der Waals surface area contributed by atoms with Gasteiger partial charge in [0.2, 0.25) is 53.4 Å². The Bertz CT molecular complexity index is 5320. The van der Waals surface area contributed by atoms with E-state index in [1.807, 2.05) is 36.4 Å². The van der Waals surface area contributed by atoms with Crippen LogP contribution in [0.25, 0.3) is 23.3 Å². The minimum atomic E-state index is -2.43. The van der Waals surface area contributed by atoms with Crippen LogP contribution in [0.4, 0.5) is 0 Å². The number of benzene rings is 6. The van der Waals surface area contributed by atoms with Gasteiger partial charge >= 0.3 is 5.97 Å². The minimum Gasteiger partial charge on any atom is -0.508 e. The number of phenolic OH excluding ortho intramolecular Hbond substituents is 3. The van der Waals surface area contributed by atoms with Crippen molar-refractivity contribution in [2.24, 2.45) is 17.4 Å². The summed E-state index contributed by atoms with van der Waals surface area (Å²) in [5.74, 6) is -16.7. The Morgan fingerprint density at radius 1 is 0.661 bits per heavy atom.